The van der Waals surface area contributed by atoms with E-state index < -0.39 is 5.60 Å². The quantitative estimate of drug-likeness (QED) is 0.782. The Kier molecular flexibility index (Phi) is 5.11. The van der Waals surface area contributed by atoms with Crippen molar-refractivity contribution in [2.24, 2.45) is 5.41 Å². The molecule has 2 atom stereocenters. The molecule has 0 saturated carbocycles. The van der Waals surface area contributed by atoms with Crippen molar-refractivity contribution in [1.29, 1.82) is 0 Å². The molecule has 4 aliphatic rings. The molecule has 0 spiro atoms. The minimum atomic E-state index is -0.404. The van der Waals surface area contributed by atoms with Crippen molar-refractivity contribution in [3.05, 3.63) is 0 Å². The average molecular weight is 352 g/mol. The number of nitrogens with zero attached hydrogens (tertiary/aromatic N) is 3. The van der Waals surface area contributed by atoms with Crippen molar-refractivity contribution in [2.75, 3.05) is 32.7 Å². The molecule has 5 nitrogen and oxygen atoms in total. The lowest BCUT2D eigenvalue weighted by Crippen LogP contribution is -2.71. The summed E-state index contributed by atoms with van der Waals surface area (Å²) < 4.78 is 5.58. The first kappa shape index (κ1) is 19.0. The van der Waals surface area contributed by atoms with Gasteiger partial charge >= 0.3 is 6.09 Å². The van der Waals surface area contributed by atoms with Gasteiger partial charge in [-0.15, -0.1) is 0 Å². The lowest BCUT2D eigenvalue weighted by molar-refractivity contribution is -0.0859. The van der Waals surface area contributed by atoms with Crippen molar-refractivity contribution in [3.63, 3.8) is 0 Å². The van der Waals surface area contributed by atoms with Gasteiger partial charge in [0.05, 0.1) is 12.1 Å². The Morgan fingerprint density at radius 1 is 1.16 bits per heavy atom. The predicted octanol–water partition coefficient (Wildman–Crippen LogP) is 3.19. The zero-order valence-electron chi connectivity index (χ0n) is 17.0. The van der Waals surface area contributed by atoms with Crippen LogP contribution in [0.25, 0.3) is 0 Å². The highest BCUT2D eigenvalue weighted by Crippen LogP contribution is 2.38. The lowest BCUT2D eigenvalue weighted by Gasteiger charge is -2.57. The second kappa shape index (κ2) is 6.73. The Balaban J connectivity index is 1.49. The summed E-state index contributed by atoms with van der Waals surface area (Å²) in [5, 5.41) is 0. The Hall–Kier alpha value is -0.810. The molecule has 1 amide bonds. The van der Waals surface area contributed by atoms with E-state index in [-0.39, 0.29) is 6.09 Å². The van der Waals surface area contributed by atoms with Gasteiger partial charge in [0.1, 0.15) is 5.60 Å². The third-order valence-corrected chi connectivity index (χ3v) is 6.21. The van der Waals surface area contributed by atoms with Crippen molar-refractivity contribution < 1.29 is 9.53 Å². The number of hydrogen-bond acceptors (Lipinski definition) is 4. The zero-order chi connectivity index (χ0) is 18.4. The van der Waals surface area contributed by atoms with Gasteiger partial charge < -0.3 is 9.64 Å². The fourth-order valence-corrected chi connectivity index (χ4v) is 4.72. The maximum Gasteiger partial charge on any atom is 0.410 e. The van der Waals surface area contributed by atoms with E-state index in [1.54, 1.807) is 0 Å². The number of piperazine rings is 1. The molecule has 4 heterocycles. The van der Waals surface area contributed by atoms with Crippen LogP contribution in [0.15, 0.2) is 0 Å². The number of piperidine rings is 2. The number of amides is 1. The minimum Gasteiger partial charge on any atom is -0.444 e. The molecule has 2 bridgehead atoms. The van der Waals surface area contributed by atoms with Crippen LogP contribution < -0.4 is 0 Å². The average Bonchev–Trinajstić information content (AvgIpc) is 2.44. The topological polar surface area (TPSA) is 36.0 Å². The highest BCUT2D eigenvalue weighted by molar-refractivity contribution is 5.70. The molecule has 4 fully saturated rings. The molecule has 25 heavy (non-hydrogen) atoms. The van der Waals surface area contributed by atoms with E-state index in [9.17, 15) is 4.79 Å². The number of likely N-dealkylation sites (tertiary alicyclic amines) is 1. The van der Waals surface area contributed by atoms with Gasteiger partial charge in [-0.2, -0.15) is 0 Å². The Bertz CT molecular complexity index is 480. The molecule has 0 aromatic rings. The largest absolute Gasteiger partial charge is 0.444 e. The first-order valence-electron chi connectivity index (χ1n) is 10.0. The number of carbonyl (C=O) groups excluding carboxylic acids is 1. The smallest absolute Gasteiger partial charge is 0.410 e. The SMILES string of the molecule is CC(C)N1CCC(C)(CN2CC3CC(C2)N3C(=O)OC(C)(C)C)CC1. The van der Waals surface area contributed by atoms with Crippen LogP contribution in [0, 0.1) is 5.41 Å². The van der Waals surface area contributed by atoms with Gasteiger partial charge in [-0.25, -0.2) is 4.79 Å². The second-order valence-corrected chi connectivity index (χ2v) is 10.1. The van der Waals surface area contributed by atoms with Gasteiger partial charge in [0, 0.05) is 25.7 Å². The summed E-state index contributed by atoms with van der Waals surface area (Å²) in [4.78, 5) is 19.6. The molecular weight excluding hydrogens is 314 g/mol. The summed E-state index contributed by atoms with van der Waals surface area (Å²) in [7, 11) is 0. The zero-order valence-corrected chi connectivity index (χ0v) is 17.0. The fraction of sp³-hybridized carbons (Fsp3) is 0.950. The summed E-state index contributed by atoms with van der Waals surface area (Å²) in [6, 6.07) is 1.37. The van der Waals surface area contributed by atoms with E-state index in [4.69, 9.17) is 4.74 Å². The molecule has 5 heteroatoms. The van der Waals surface area contributed by atoms with Gasteiger partial charge in [0.25, 0.3) is 0 Å². The molecule has 144 valence electrons. The predicted molar refractivity (Wildman–Crippen MR) is 101 cm³/mol. The minimum absolute atomic E-state index is 0.121. The summed E-state index contributed by atoms with van der Waals surface area (Å²) in [5.41, 5.74) is 0.0183. The number of hydrogen-bond donors (Lipinski definition) is 0. The molecule has 0 aromatic heterocycles. The van der Waals surface area contributed by atoms with Crippen LogP contribution in [0.1, 0.15) is 60.8 Å². The number of ether oxygens (including phenoxy) is 1. The fourth-order valence-electron chi connectivity index (χ4n) is 4.72. The molecule has 4 aliphatic heterocycles. The molecule has 0 aliphatic carbocycles. The van der Waals surface area contributed by atoms with E-state index >= 15 is 0 Å². The van der Waals surface area contributed by atoms with Crippen LogP contribution in [-0.2, 0) is 4.74 Å². The van der Waals surface area contributed by atoms with Crippen molar-refractivity contribution >= 4 is 6.09 Å². The molecule has 4 saturated heterocycles. The highest BCUT2D eigenvalue weighted by Gasteiger charge is 2.49. The molecule has 4 rings (SSSR count). The lowest BCUT2D eigenvalue weighted by atomic mass is 9.78. The van der Waals surface area contributed by atoms with Crippen molar-refractivity contribution in [1.82, 2.24) is 14.7 Å². The van der Waals surface area contributed by atoms with E-state index in [1.165, 1.54) is 32.5 Å². The maximum absolute atomic E-state index is 12.4. The number of rotatable bonds is 3. The first-order valence-corrected chi connectivity index (χ1v) is 10.0. The third kappa shape index (κ3) is 4.30. The van der Waals surface area contributed by atoms with Crippen LogP contribution in [0.5, 0.6) is 0 Å². The monoisotopic (exact) mass is 351 g/mol. The standard InChI is InChI=1S/C20H37N3O2/c1-15(2)22-9-7-20(6,8-10-22)14-21-12-16-11-17(13-21)23(16)18(24)25-19(3,4)5/h15-17H,7-14H2,1-6H3. The number of carbonyl (C=O) groups is 1. The van der Waals surface area contributed by atoms with Crippen LogP contribution in [0.2, 0.25) is 0 Å². The van der Waals surface area contributed by atoms with Crippen molar-refractivity contribution in [2.45, 2.75) is 84.5 Å². The summed E-state index contributed by atoms with van der Waals surface area (Å²) >= 11 is 0. The van der Waals surface area contributed by atoms with Crippen LogP contribution in [-0.4, -0.2) is 77.2 Å². The Labute approximate surface area is 153 Å². The van der Waals surface area contributed by atoms with E-state index in [0.29, 0.717) is 23.5 Å². The maximum atomic E-state index is 12.4. The summed E-state index contributed by atoms with van der Waals surface area (Å²) in [6.07, 6.45) is 3.59. The van der Waals surface area contributed by atoms with Crippen LogP contribution in [0.3, 0.4) is 0 Å². The van der Waals surface area contributed by atoms with E-state index in [2.05, 4.69) is 30.6 Å². The van der Waals surface area contributed by atoms with Gasteiger partial charge in [0.2, 0.25) is 0 Å². The van der Waals surface area contributed by atoms with Crippen LogP contribution in [0.4, 0.5) is 4.79 Å². The normalized spacial score (nSPS) is 30.3. The molecule has 2 unspecified atom stereocenters. The van der Waals surface area contributed by atoms with Gasteiger partial charge in [0.15, 0.2) is 0 Å². The number of fused-ring (bicyclic) bond motifs is 2. The highest BCUT2D eigenvalue weighted by atomic mass is 16.6. The third-order valence-electron chi connectivity index (χ3n) is 6.21. The summed E-state index contributed by atoms with van der Waals surface area (Å²) in [6.45, 7) is 18.5. The van der Waals surface area contributed by atoms with Crippen LogP contribution >= 0.6 is 0 Å². The second-order valence-electron chi connectivity index (χ2n) is 10.1. The Morgan fingerprint density at radius 2 is 1.72 bits per heavy atom. The van der Waals surface area contributed by atoms with Gasteiger partial charge in [-0.1, -0.05) is 6.92 Å². The van der Waals surface area contributed by atoms with E-state index in [0.717, 1.165) is 19.5 Å². The first-order chi connectivity index (χ1) is 11.6. The van der Waals surface area contributed by atoms with Gasteiger partial charge in [-0.3, -0.25) is 9.80 Å². The van der Waals surface area contributed by atoms with E-state index in [1.807, 2.05) is 25.7 Å². The van der Waals surface area contributed by atoms with Crippen molar-refractivity contribution in [3.8, 4) is 0 Å². The van der Waals surface area contributed by atoms with Gasteiger partial charge in [-0.05, 0) is 72.4 Å². The molecular formula is C20H37N3O2. The Morgan fingerprint density at radius 3 is 2.20 bits per heavy atom. The molecule has 0 aromatic carbocycles. The molecule has 0 N–H and O–H groups in total. The molecule has 0 radical (unpaired) electrons. The summed E-state index contributed by atoms with van der Waals surface area (Å²) in [5.74, 6) is 0.